The number of ether oxygens (including phenoxy) is 1. The fourth-order valence-corrected chi connectivity index (χ4v) is 4.61. The number of para-hydroxylation sites is 1. The van der Waals surface area contributed by atoms with Crippen LogP contribution in [0, 0.1) is 0 Å². The van der Waals surface area contributed by atoms with Crippen LogP contribution in [0.25, 0.3) is 0 Å². The van der Waals surface area contributed by atoms with E-state index < -0.39 is 12.4 Å². The number of amides is 1. The Morgan fingerprint density at radius 3 is 2.95 bits per heavy atom. The first-order valence-electron chi connectivity index (χ1n) is 6.50. The second-order valence-corrected chi connectivity index (χ2v) is 6.79. The largest absolute Gasteiger partial charge is 0.496 e. The predicted octanol–water partition coefficient (Wildman–Crippen LogP) is 2.16. The number of rotatable bonds is 6. The maximum absolute atomic E-state index is 11.9. The van der Waals surface area contributed by atoms with Gasteiger partial charge in [-0.25, -0.2) is 0 Å². The van der Waals surface area contributed by atoms with Crippen molar-refractivity contribution in [3.63, 3.8) is 0 Å². The van der Waals surface area contributed by atoms with E-state index in [1.54, 1.807) is 35.5 Å². The molecule has 5 nitrogen and oxygen atoms in total. The van der Waals surface area contributed by atoms with Crippen LogP contribution in [0.15, 0.2) is 29.2 Å². The van der Waals surface area contributed by atoms with Crippen LogP contribution in [0.3, 0.4) is 0 Å². The molecular formula is C14H17NO4S2. The van der Waals surface area contributed by atoms with Crippen LogP contribution in [0.5, 0.6) is 5.75 Å². The molecule has 1 unspecified atom stereocenters. The number of carbonyl (C=O) groups excluding carboxylic acids is 1. The van der Waals surface area contributed by atoms with Crippen molar-refractivity contribution in [2.45, 2.75) is 16.7 Å². The van der Waals surface area contributed by atoms with Crippen molar-refractivity contribution in [3.8, 4) is 5.75 Å². The van der Waals surface area contributed by atoms with E-state index in [0.717, 1.165) is 22.2 Å². The van der Waals surface area contributed by atoms with Crippen LogP contribution in [-0.4, -0.2) is 52.4 Å². The Morgan fingerprint density at radius 1 is 1.48 bits per heavy atom. The number of carboxylic acids is 1. The summed E-state index contributed by atoms with van der Waals surface area (Å²) in [5.41, 5.74) is 0. The summed E-state index contributed by atoms with van der Waals surface area (Å²) >= 11 is 3.31. The van der Waals surface area contributed by atoms with Gasteiger partial charge in [0.2, 0.25) is 5.91 Å². The zero-order chi connectivity index (χ0) is 15.2. The number of hydrogen-bond donors (Lipinski definition) is 1. The molecule has 1 saturated heterocycles. The second-order valence-electron chi connectivity index (χ2n) is 4.44. The molecule has 1 heterocycles. The number of carbonyl (C=O) groups is 2. The number of aliphatic carboxylic acids is 1. The average Bonchev–Trinajstić information content (AvgIpc) is 2.93. The molecule has 0 saturated carbocycles. The molecule has 1 aliphatic rings. The number of carboxylic acid groups (broad SMARTS) is 1. The van der Waals surface area contributed by atoms with Crippen molar-refractivity contribution in [2.24, 2.45) is 0 Å². The van der Waals surface area contributed by atoms with Crippen molar-refractivity contribution in [3.05, 3.63) is 24.3 Å². The van der Waals surface area contributed by atoms with Crippen LogP contribution >= 0.6 is 23.5 Å². The SMILES string of the molecule is COc1ccccc1SCC1SCCN1C(=O)CC(=O)O. The van der Waals surface area contributed by atoms with Gasteiger partial charge in [-0.15, -0.1) is 23.5 Å². The van der Waals surface area contributed by atoms with E-state index >= 15 is 0 Å². The molecule has 0 bridgehead atoms. The molecule has 7 heteroatoms. The molecule has 0 aromatic heterocycles. The van der Waals surface area contributed by atoms with Crippen molar-refractivity contribution >= 4 is 35.4 Å². The lowest BCUT2D eigenvalue weighted by molar-refractivity contribution is -0.144. The normalized spacial score (nSPS) is 17.8. The van der Waals surface area contributed by atoms with Gasteiger partial charge in [-0.2, -0.15) is 0 Å². The van der Waals surface area contributed by atoms with Gasteiger partial charge in [0, 0.05) is 22.9 Å². The van der Waals surface area contributed by atoms with Gasteiger partial charge in [-0.1, -0.05) is 12.1 Å². The third kappa shape index (κ3) is 4.31. The minimum Gasteiger partial charge on any atom is -0.496 e. The smallest absolute Gasteiger partial charge is 0.312 e. The number of methoxy groups -OCH3 is 1. The molecule has 0 radical (unpaired) electrons. The summed E-state index contributed by atoms with van der Waals surface area (Å²) in [5.74, 6) is 0.999. The molecule has 21 heavy (non-hydrogen) atoms. The molecule has 1 atom stereocenters. The molecule has 0 aliphatic carbocycles. The Morgan fingerprint density at radius 2 is 2.24 bits per heavy atom. The molecular weight excluding hydrogens is 310 g/mol. The monoisotopic (exact) mass is 327 g/mol. The first-order valence-corrected chi connectivity index (χ1v) is 8.54. The quantitative estimate of drug-likeness (QED) is 0.638. The highest BCUT2D eigenvalue weighted by molar-refractivity contribution is 8.03. The van der Waals surface area contributed by atoms with E-state index in [0.29, 0.717) is 6.54 Å². The summed E-state index contributed by atoms with van der Waals surface area (Å²) in [5, 5.41) is 8.75. The van der Waals surface area contributed by atoms with Gasteiger partial charge in [0.15, 0.2) is 0 Å². The summed E-state index contributed by atoms with van der Waals surface area (Å²) in [6.45, 7) is 0.619. The molecule has 1 aromatic rings. The summed E-state index contributed by atoms with van der Waals surface area (Å²) in [6.07, 6.45) is -0.434. The van der Waals surface area contributed by atoms with Crippen LogP contribution in [-0.2, 0) is 9.59 Å². The van der Waals surface area contributed by atoms with Crippen molar-refractivity contribution in [1.29, 1.82) is 0 Å². The lowest BCUT2D eigenvalue weighted by Gasteiger charge is -2.23. The maximum atomic E-state index is 11.9. The summed E-state index contributed by atoms with van der Waals surface area (Å²) in [7, 11) is 1.63. The molecule has 0 spiro atoms. The predicted molar refractivity (Wildman–Crippen MR) is 83.9 cm³/mol. The fourth-order valence-electron chi connectivity index (χ4n) is 2.07. The summed E-state index contributed by atoms with van der Waals surface area (Å²) in [4.78, 5) is 25.3. The highest BCUT2D eigenvalue weighted by atomic mass is 32.2. The molecule has 1 N–H and O–H groups in total. The van der Waals surface area contributed by atoms with Crippen molar-refractivity contribution in [2.75, 3.05) is 25.2 Å². The molecule has 1 amide bonds. The Bertz CT molecular complexity index is 523. The maximum Gasteiger partial charge on any atom is 0.312 e. The first-order chi connectivity index (χ1) is 10.1. The van der Waals surface area contributed by atoms with E-state index in [9.17, 15) is 9.59 Å². The number of benzene rings is 1. The van der Waals surface area contributed by atoms with Gasteiger partial charge in [0.25, 0.3) is 0 Å². The van der Waals surface area contributed by atoms with E-state index in [1.165, 1.54) is 0 Å². The summed E-state index contributed by atoms with van der Waals surface area (Å²) < 4.78 is 5.30. The molecule has 1 fully saturated rings. The molecule has 114 valence electrons. The summed E-state index contributed by atoms with van der Waals surface area (Å²) in [6, 6.07) is 7.74. The fraction of sp³-hybridized carbons (Fsp3) is 0.429. The van der Waals surface area contributed by atoms with E-state index in [1.807, 2.05) is 24.3 Å². The van der Waals surface area contributed by atoms with E-state index in [4.69, 9.17) is 9.84 Å². The minimum absolute atomic E-state index is 0.0202. The van der Waals surface area contributed by atoms with E-state index in [2.05, 4.69) is 0 Å². The van der Waals surface area contributed by atoms with Gasteiger partial charge in [-0.3, -0.25) is 9.59 Å². The number of thioether (sulfide) groups is 2. The third-order valence-electron chi connectivity index (χ3n) is 3.06. The van der Waals surface area contributed by atoms with Gasteiger partial charge in [0.05, 0.1) is 12.5 Å². The highest BCUT2D eigenvalue weighted by Crippen LogP contribution is 2.34. The average molecular weight is 327 g/mol. The minimum atomic E-state index is -1.08. The zero-order valence-corrected chi connectivity index (χ0v) is 13.3. The Hall–Kier alpha value is -1.34. The standard InChI is InChI=1S/C14H17NO4S2/c1-19-10-4-2-3-5-11(10)21-9-13-15(6-7-20-13)12(16)8-14(17)18/h2-5,13H,6-9H2,1H3,(H,17,18). The Labute approximate surface area is 132 Å². The Balaban J connectivity index is 1.95. The molecule has 1 aromatic carbocycles. The zero-order valence-electron chi connectivity index (χ0n) is 11.7. The number of nitrogens with zero attached hydrogens (tertiary/aromatic N) is 1. The molecule has 1 aliphatic heterocycles. The van der Waals surface area contributed by atoms with Crippen molar-refractivity contribution < 1.29 is 19.4 Å². The van der Waals surface area contributed by atoms with Crippen LogP contribution in [0.4, 0.5) is 0 Å². The Kier molecular flexibility index (Phi) is 5.81. The molecule has 2 rings (SSSR count). The third-order valence-corrected chi connectivity index (χ3v) is 5.63. The topological polar surface area (TPSA) is 66.8 Å². The van der Waals surface area contributed by atoms with Crippen LogP contribution in [0.1, 0.15) is 6.42 Å². The van der Waals surface area contributed by atoms with Crippen molar-refractivity contribution in [1.82, 2.24) is 4.90 Å². The van der Waals surface area contributed by atoms with Gasteiger partial charge in [-0.05, 0) is 12.1 Å². The van der Waals surface area contributed by atoms with Gasteiger partial charge < -0.3 is 14.7 Å². The van der Waals surface area contributed by atoms with Crippen LogP contribution in [0.2, 0.25) is 0 Å². The lowest BCUT2D eigenvalue weighted by atomic mass is 10.3. The van der Waals surface area contributed by atoms with Gasteiger partial charge in [0.1, 0.15) is 12.2 Å². The van der Waals surface area contributed by atoms with Gasteiger partial charge >= 0.3 is 5.97 Å². The highest BCUT2D eigenvalue weighted by Gasteiger charge is 2.30. The number of hydrogen-bond acceptors (Lipinski definition) is 5. The first kappa shape index (κ1) is 16.0. The lowest BCUT2D eigenvalue weighted by Crippen LogP contribution is -2.37. The van der Waals surface area contributed by atoms with Crippen LogP contribution < -0.4 is 4.74 Å². The van der Waals surface area contributed by atoms with E-state index in [-0.39, 0.29) is 11.3 Å². The second kappa shape index (κ2) is 7.61.